The molecule has 8 heterocycles. The van der Waals surface area contributed by atoms with Gasteiger partial charge in [-0.05, 0) is 46.5 Å². The lowest BCUT2D eigenvalue weighted by molar-refractivity contribution is -0.251. The molecule has 2 saturated carbocycles. The molecule has 2 spiro atoms. The van der Waals surface area contributed by atoms with E-state index >= 15 is 0 Å². The Labute approximate surface area is 275 Å². The number of hydrogen-bond donors (Lipinski definition) is 3. The van der Waals surface area contributed by atoms with Gasteiger partial charge in [-0.1, -0.05) is 6.92 Å². The molecule has 48 heavy (non-hydrogen) atoms. The second-order valence-electron chi connectivity index (χ2n) is 14.9. The van der Waals surface area contributed by atoms with E-state index in [-0.39, 0.29) is 42.3 Å². The zero-order valence-electron chi connectivity index (χ0n) is 27.4. The Morgan fingerprint density at radius 3 is 1.50 bits per heavy atom. The maximum atomic E-state index is 9.82. The van der Waals surface area contributed by atoms with E-state index in [1.807, 2.05) is 36.8 Å². The fraction of sp³-hybridized carbons (Fsp3) is 0.677. The van der Waals surface area contributed by atoms with E-state index in [0.29, 0.717) is 52.7 Å². The van der Waals surface area contributed by atoms with Crippen molar-refractivity contribution >= 4 is 34.0 Å². The molecule has 4 aromatic heterocycles. The van der Waals surface area contributed by atoms with Gasteiger partial charge in [0.25, 0.3) is 0 Å². The largest absolute Gasteiger partial charge is 0.393 e. The van der Waals surface area contributed by atoms with Gasteiger partial charge in [-0.3, -0.25) is 9.13 Å². The van der Waals surface area contributed by atoms with Crippen LogP contribution in [0.4, 0.5) is 11.6 Å². The van der Waals surface area contributed by atoms with Crippen LogP contribution in [0.15, 0.2) is 25.3 Å². The number of aromatic nitrogens is 8. The molecule has 17 nitrogen and oxygen atoms in total. The topological polar surface area (TPSA) is 215 Å². The van der Waals surface area contributed by atoms with Gasteiger partial charge in [-0.2, -0.15) is 0 Å². The van der Waals surface area contributed by atoms with Crippen molar-refractivity contribution in [1.29, 1.82) is 0 Å². The first-order valence-corrected chi connectivity index (χ1v) is 16.4. The van der Waals surface area contributed by atoms with Crippen LogP contribution in [0.2, 0.25) is 0 Å². The monoisotopic (exact) mass is 664 g/mol. The molecule has 4 aliphatic heterocycles. The Kier molecular flexibility index (Phi) is 6.35. The Morgan fingerprint density at radius 1 is 0.646 bits per heavy atom. The van der Waals surface area contributed by atoms with Gasteiger partial charge in [0.2, 0.25) is 0 Å². The van der Waals surface area contributed by atoms with Crippen LogP contribution in [-0.2, 0) is 28.4 Å². The van der Waals surface area contributed by atoms with E-state index in [1.54, 1.807) is 12.7 Å². The highest BCUT2D eigenvalue weighted by Gasteiger charge is 2.68. The summed E-state index contributed by atoms with van der Waals surface area (Å²) in [5, 5.41) is 9.82. The normalized spacial score (nSPS) is 40.1. The Hall–Kier alpha value is -3.58. The summed E-state index contributed by atoms with van der Waals surface area (Å²) in [5.41, 5.74) is 13.3. The molecule has 17 heteroatoms. The van der Waals surface area contributed by atoms with Crippen molar-refractivity contribution in [2.45, 2.75) is 126 Å². The summed E-state index contributed by atoms with van der Waals surface area (Å²) in [5.74, 6) is 0.00695. The fourth-order valence-corrected chi connectivity index (χ4v) is 8.62. The number of imidazole rings is 2. The Morgan fingerprint density at radius 2 is 1.08 bits per heavy atom. The summed E-state index contributed by atoms with van der Waals surface area (Å²) in [4.78, 5) is 25.2. The summed E-state index contributed by atoms with van der Waals surface area (Å²) in [6.07, 6.45) is 7.27. The number of aliphatic hydroxyl groups excluding tert-OH is 1. The first kappa shape index (κ1) is 30.5. The second kappa shape index (κ2) is 9.99. The lowest BCUT2D eigenvalue weighted by Crippen LogP contribution is -2.55. The number of nitrogens with zero attached hydrogens (tertiary/aromatic N) is 8. The minimum absolute atomic E-state index is 0.0784. The SMILES string of the molecule is CC1(C)O[C@H]2[C@H](n3cnc4c(N)ncnc43)OC3(CC(O)C3)[C@H]2O1.CC1CC2(C1)O[C@@H](n1cnc3c(N)ncnc31)[C@@H]1OC(C)(C)O[C@@H]12. The predicted octanol–water partition coefficient (Wildman–Crippen LogP) is 1.98. The number of ether oxygens (including phenoxy) is 6. The number of nitrogen functional groups attached to an aromatic ring is 2. The lowest BCUT2D eigenvalue weighted by atomic mass is 9.69. The predicted molar refractivity (Wildman–Crippen MR) is 166 cm³/mol. The maximum Gasteiger partial charge on any atom is 0.167 e. The molecule has 4 aromatic rings. The number of fused-ring (bicyclic) bond motifs is 6. The molecule has 6 aliphatic rings. The minimum Gasteiger partial charge on any atom is -0.393 e. The molecule has 4 saturated heterocycles. The smallest absolute Gasteiger partial charge is 0.167 e. The van der Waals surface area contributed by atoms with Crippen LogP contribution in [0, 0.1) is 5.92 Å². The van der Waals surface area contributed by atoms with Crippen LogP contribution >= 0.6 is 0 Å². The number of anilines is 2. The van der Waals surface area contributed by atoms with Gasteiger partial charge in [0, 0.05) is 12.8 Å². The zero-order valence-corrected chi connectivity index (χ0v) is 27.4. The van der Waals surface area contributed by atoms with Crippen molar-refractivity contribution in [3.63, 3.8) is 0 Å². The van der Waals surface area contributed by atoms with Crippen molar-refractivity contribution in [3.8, 4) is 0 Å². The van der Waals surface area contributed by atoms with Crippen molar-refractivity contribution in [2.24, 2.45) is 5.92 Å². The minimum atomic E-state index is -0.699. The third-order valence-corrected chi connectivity index (χ3v) is 10.4. The maximum absolute atomic E-state index is 9.82. The highest BCUT2D eigenvalue weighted by atomic mass is 16.8. The van der Waals surface area contributed by atoms with Gasteiger partial charge in [0.1, 0.15) is 59.3 Å². The molecule has 2 aliphatic carbocycles. The molecule has 0 amide bonds. The molecule has 6 atom stereocenters. The highest BCUT2D eigenvalue weighted by molar-refractivity contribution is 5.81. The number of nitrogens with two attached hydrogens (primary N) is 2. The average molecular weight is 665 g/mol. The van der Waals surface area contributed by atoms with Crippen LogP contribution in [0.3, 0.4) is 0 Å². The number of rotatable bonds is 2. The fourth-order valence-electron chi connectivity index (χ4n) is 8.62. The van der Waals surface area contributed by atoms with E-state index in [4.69, 9.17) is 39.9 Å². The first-order valence-electron chi connectivity index (χ1n) is 16.4. The summed E-state index contributed by atoms with van der Waals surface area (Å²) in [7, 11) is 0. The molecule has 0 bridgehead atoms. The van der Waals surface area contributed by atoms with Crippen LogP contribution in [0.5, 0.6) is 0 Å². The van der Waals surface area contributed by atoms with Gasteiger partial charge in [0.15, 0.2) is 47.0 Å². The van der Waals surface area contributed by atoms with Gasteiger partial charge in [-0.25, -0.2) is 29.9 Å². The molecule has 6 fully saturated rings. The van der Waals surface area contributed by atoms with Crippen molar-refractivity contribution in [3.05, 3.63) is 25.3 Å². The molecule has 5 N–H and O–H groups in total. The molecule has 10 rings (SSSR count). The number of hydrogen-bond acceptors (Lipinski definition) is 15. The molecular weight excluding hydrogens is 624 g/mol. The van der Waals surface area contributed by atoms with Crippen molar-refractivity contribution in [2.75, 3.05) is 11.5 Å². The lowest BCUT2D eigenvalue weighted by Gasteiger charge is -2.46. The molecular formula is C31H40N10O7. The van der Waals surface area contributed by atoms with Gasteiger partial charge in [0.05, 0.1) is 18.8 Å². The summed E-state index contributed by atoms with van der Waals surface area (Å²) < 4.78 is 41.1. The molecule has 0 unspecified atom stereocenters. The van der Waals surface area contributed by atoms with Crippen LogP contribution in [-0.4, -0.2) is 97.4 Å². The first-order chi connectivity index (χ1) is 22.8. The van der Waals surface area contributed by atoms with Crippen LogP contribution in [0.25, 0.3) is 22.3 Å². The van der Waals surface area contributed by atoms with Gasteiger partial charge < -0.3 is 45.0 Å². The standard InChI is InChI=1S/C16H21N5O3.C15H19N5O4/c1-8-4-16(5-8)11-10(22-15(2,3)23-11)14(24-16)21-7-20-9-12(17)18-6-19-13(9)21;1-14(2)22-9-10(23-14)15(3-7(21)4-15)24-13(9)20-6-19-8-11(16)17-5-18-12(8)20/h6-8,10-11,14H,4-5H2,1-3H3,(H2,17,18,19);5-7,9-10,13,21H,3-4H2,1-2H3,(H2,16,17,18)/t8?,10-,11+,14-,16?;7?,9-,10+,13-,15?/m11/s1. The number of aliphatic hydroxyl groups is 1. The van der Waals surface area contributed by atoms with Crippen LogP contribution in [0.1, 0.15) is 72.8 Å². The highest BCUT2D eigenvalue weighted by Crippen LogP contribution is 2.58. The van der Waals surface area contributed by atoms with Gasteiger partial charge in [-0.15, -0.1) is 0 Å². The van der Waals surface area contributed by atoms with Crippen LogP contribution < -0.4 is 11.5 Å². The van der Waals surface area contributed by atoms with E-state index in [1.165, 1.54) is 12.7 Å². The molecule has 0 radical (unpaired) electrons. The van der Waals surface area contributed by atoms with E-state index < -0.39 is 23.4 Å². The Balaban J connectivity index is 0.000000131. The summed E-state index contributed by atoms with van der Waals surface area (Å²) in [6, 6.07) is 0. The van der Waals surface area contributed by atoms with Gasteiger partial charge >= 0.3 is 0 Å². The second-order valence-corrected chi connectivity index (χ2v) is 14.9. The van der Waals surface area contributed by atoms with E-state index in [2.05, 4.69) is 36.8 Å². The Bertz CT molecular complexity index is 1760. The summed E-state index contributed by atoms with van der Waals surface area (Å²) in [6.45, 7) is 9.90. The third-order valence-electron chi connectivity index (χ3n) is 10.4. The quantitative estimate of drug-likeness (QED) is 0.279. The van der Waals surface area contributed by atoms with E-state index in [0.717, 1.165) is 12.8 Å². The molecule has 0 aromatic carbocycles. The van der Waals surface area contributed by atoms with E-state index in [9.17, 15) is 5.11 Å². The van der Waals surface area contributed by atoms with Crippen molar-refractivity contribution < 1.29 is 33.5 Å². The summed E-state index contributed by atoms with van der Waals surface area (Å²) >= 11 is 0. The zero-order chi connectivity index (χ0) is 33.4. The molecule has 256 valence electrons. The van der Waals surface area contributed by atoms with Crippen molar-refractivity contribution in [1.82, 2.24) is 39.0 Å². The third kappa shape index (κ3) is 4.41. The average Bonchev–Trinajstić information content (AvgIpc) is 3.81.